The molecule has 0 atom stereocenters. The summed E-state index contributed by atoms with van der Waals surface area (Å²) in [7, 11) is 0. The van der Waals surface area contributed by atoms with Gasteiger partial charge in [0.2, 0.25) is 0 Å². The van der Waals surface area contributed by atoms with E-state index in [0.717, 1.165) is 15.5 Å². The smallest absolute Gasteiger partial charge is 0.283 e. The average Bonchev–Trinajstić information content (AvgIpc) is 3.40. The number of aromatic nitrogens is 6. The Morgan fingerprint density at radius 1 is 1.00 bits per heavy atom. The Labute approximate surface area is 153 Å². The van der Waals surface area contributed by atoms with Crippen molar-refractivity contribution in [3.05, 3.63) is 46.5 Å². The summed E-state index contributed by atoms with van der Waals surface area (Å²) in [5.41, 5.74) is 1.68. The van der Waals surface area contributed by atoms with Crippen molar-refractivity contribution in [3.8, 4) is 22.2 Å². The zero-order valence-electron chi connectivity index (χ0n) is 12.4. The molecule has 25 heavy (non-hydrogen) atoms. The Morgan fingerprint density at radius 2 is 2.00 bits per heavy atom. The first kappa shape index (κ1) is 14.8. The van der Waals surface area contributed by atoms with E-state index < -0.39 is 0 Å². The largest absolute Gasteiger partial charge is 0.410 e. The summed E-state index contributed by atoms with van der Waals surface area (Å²) in [4.78, 5) is 0.946. The van der Waals surface area contributed by atoms with Gasteiger partial charge in [0, 0.05) is 10.9 Å². The maximum Gasteiger partial charge on any atom is 0.283 e. The molecule has 5 aromatic rings. The quantitative estimate of drug-likeness (QED) is 0.461. The third kappa shape index (κ3) is 2.73. The molecule has 0 amide bonds. The predicted octanol–water partition coefficient (Wildman–Crippen LogP) is 4.12. The van der Waals surface area contributed by atoms with Crippen molar-refractivity contribution in [2.45, 2.75) is 10.2 Å². The van der Waals surface area contributed by atoms with Crippen LogP contribution in [-0.4, -0.2) is 30.0 Å². The molecule has 0 N–H and O–H groups in total. The van der Waals surface area contributed by atoms with Gasteiger partial charge in [-0.3, -0.25) is 0 Å². The minimum atomic E-state index is 0.445. The monoisotopic (exact) mass is 384 g/mol. The van der Waals surface area contributed by atoms with Crippen molar-refractivity contribution in [3.63, 3.8) is 0 Å². The molecule has 122 valence electrons. The van der Waals surface area contributed by atoms with E-state index in [1.165, 1.54) is 11.8 Å². The van der Waals surface area contributed by atoms with Crippen molar-refractivity contribution in [1.29, 1.82) is 0 Å². The molecule has 7 nitrogen and oxygen atoms in total. The Kier molecular flexibility index (Phi) is 3.58. The van der Waals surface area contributed by atoms with Gasteiger partial charge in [-0.2, -0.15) is 21.0 Å². The van der Waals surface area contributed by atoms with Gasteiger partial charge in [-0.15, -0.1) is 31.7 Å². The molecule has 0 saturated carbocycles. The van der Waals surface area contributed by atoms with Crippen LogP contribution in [0.25, 0.3) is 27.8 Å². The Balaban J connectivity index is 1.48. The first-order valence-corrected chi connectivity index (χ1v) is 9.81. The van der Waals surface area contributed by atoms with Gasteiger partial charge in [-0.1, -0.05) is 6.07 Å². The van der Waals surface area contributed by atoms with Gasteiger partial charge < -0.3 is 4.42 Å². The van der Waals surface area contributed by atoms with E-state index in [-0.39, 0.29) is 0 Å². The Bertz CT molecular complexity index is 1130. The van der Waals surface area contributed by atoms with Crippen LogP contribution >= 0.6 is 34.4 Å². The molecule has 0 fully saturated rings. The fraction of sp³-hybridized carbons (Fsp3) is 0. The molecule has 0 saturated heterocycles. The van der Waals surface area contributed by atoms with Gasteiger partial charge in [0.15, 0.2) is 11.5 Å². The number of nitrogens with zero attached hydrogens (tertiary/aromatic N) is 6. The molecule has 0 unspecified atom stereocenters. The summed E-state index contributed by atoms with van der Waals surface area (Å²) >= 11 is 4.48. The molecule has 0 radical (unpaired) electrons. The van der Waals surface area contributed by atoms with Crippen molar-refractivity contribution in [1.82, 2.24) is 30.0 Å². The minimum Gasteiger partial charge on any atom is -0.410 e. The molecular weight excluding hydrogens is 376 g/mol. The van der Waals surface area contributed by atoms with Crippen LogP contribution < -0.4 is 0 Å². The van der Waals surface area contributed by atoms with Crippen LogP contribution in [0.3, 0.4) is 0 Å². The summed E-state index contributed by atoms with van der Waals surface area (Å²) in [5, 5.41) is 28.3. The summed E-state index contributed by atoms with van der Waals surface area (Å²) in [6.45, 7) is 0. The van der Waals surface area contributed by atoms with Gasteiger partial charge >= 0.3 is 0 Å². The maximum absolute atomic E-state index is 5.70. The van der Waals surface area contributed by atoms with Crippen molar-refractivity contribution >= 4 is 40.1 Å². The zero-order chi connectivity index (χ0) is 16.6. The zero-order valence-corrected chi connectivity index (χ0v) is 14.9. The molecule has 5 rings (SSSR count). The summed E-state index contributed by atoms with van der Waals surface area (Å²) in [5.74, 6) is 1.23. The lowest BCUT2D eigenvalue weighted by atomic mass is 10.3. The molecule has 0 bridgehead atoms. The van der Waals surface area contributed by atoms with E-state index in [1.807, 2.05) is 46.5 Å². The van der Waals surface area contributed by atoms with E-state index in [4.69, 9.17) is 4.42 Å². The van der Waals surface area contributed by atoms with Crippen LogP contribution in [0.15, 0.2) is 61.1 Å². The number of rotatable bonds is 4. The van der Waals surface area contributed by atoms with E-state index in [2.05, 4.69) is 25.5 Å². The fourth-order valence-electron chi connectivity index (χ4n) is 2.24. The Morgan fingerprint density at radius 3 is 2.84 bits per heavy atom. The summed E-state index contributed by atoms with van der Waals surface area (Å²) in [6, 6.07) is 9.62. The van der Waals surface area contributed by atoms with E-state index in [0.29, 0.717) is 22.6 Å². The van der Waals surface area contributed by atoms with Gasteiger partial charge in [0.05, 0.1) is 4.88 Å². The van der Waals surface area contributed by atoms with Crippen LogP contribution in [-0.2, 0) is 0 Å². The van der Waals surface area contributed by atoms with Crippen LogP contribution in [0.4, 0.5) is 0 Å². The topological polar surface area (TPSA) is 82.0 Å². The molecule has 0 aromatic carbocycles. The second-order valence-electron chi connectivity index (χ2n) is 4.93. The van der Waals surface area contributed by atoms with E-state index in [1.54, 1.807) is 27.2 Å². The predicted molar refractivity (Wildman–Crippen MR) is 95.8 cm³/mol. The standard InChI is InChI=1S/C15H8N6OS3/c1-2-10(24-6-1)14-18-19-15(22-14)25-12-4-3-11-16-17-13(21(11)20-12)9-5-7-23-8-9/h1-8H. The first-order valence-electron chi connectivity index (χ1n) is 7.17. The minimum absolute atomic E-state index is 0.445. The van der Waals surface area contributed by atoms with Crippen LogP contribution in [0.5, 0.6) is 0 Å². The van der Waals surface area contributed by atoms with Crippen LogP contribution in [0.2, 0.25) is 0 Å². The molecule has 0 aliphatic carbocycles. The number of fused-ring (bicyclic) bond motifs is 1. The second-order valence-corrected chi connectivity index (χ2v) is 7.63. The molecule has 5 aromatic heterocycles. The number of hydrogen-bond donors (Lipinski definition) is 0. The SMILES string of the molecule is c1csc(-c2nnc(Sc3ccc4nnc(-c5ccsc5)n4n3)o2)c1. The molecule has 10 heteroatoms. The van der Waals surface area contributed by atoms with Gasteiger partial charge in [0.1, 0.15) is 5.03 Å². The fourth-order valence-corrected chi connectivity index (χ4v) is 4.16. The molecule has 0 spiro atoms. The van der Waals surface area contributed by atoms with Crippen molar-refractivity contribution < 1.29 is 4.42 Å². The first-order chi connectivity index (χ1) is 12.4. The summed E-state index contributed by atoms with van der Waals surface area (Å²) < 4.78 is 7.42. The highest BCUT2D eigenvalue weighted by atomic mass is 32.2. The van der Waals surface area contributed by atoms with Crippen molar-refractivity contribution in [2.24, 2.45) is 0 Å². The third-order valence-electron chi connectivity index (χ3n) is 3.35. The average molecular weight is 384 g/mol. The highest BCUT2D eigenvalue weighted by molar-refractivity contribution is 7.99. The highest BCUT2D eigenvalue weighted by Gasteiger charge is 2.14. The molecular formula is C15H8N6OS3. The maximum atomic E-state index is 5.70. The third-order valence-corrected chi connectivity index (χ3v) is 5.66. The van der Waals surface area contributed by atoms with Crippen molar-refractivity contribution in [2.75, 3.05) is 0 Å². The molecule has 5 heterocycles. The van der Waals surface area contributed by atoms with Gasteiger partial charge in [-0.25, -0.2) is 0 Å². The van der Waals surface area contributed by atoms with Crippen LogP contribution in [0, 0.1) is 0 Å². The lowest BCUT2D eigenvalue weighted by Crippen LogP contribution is -1.95. The lowest BCUT2D eigenvalue weighted by molar-refractivity contribution is 0.466. The van der Waals surface area contributed by atoms with Crippen LogP contribution in [0.1, 0.15) is 0 Å². The van der Waals surface area contributed by atoms with Gasteiger partial charge in [-0.05, 0) is 46.8 Å². The molecule has 0 aliphatic heterocycles. The number of thiophene rings is 2. The van der Waals surface area contributed by atoms with Gasteiger partial charge in [0.25, 0.3) is 11.1 Å². The molecule has 0 aliphatic rings. The highest BCUT2D eigenvalue weighted by Crippen LogP contribution is 2.30. The van der Waals surface area contributed by atoms with E-state index in [9.17, 15) is 0 Å². The number of hydrogen-bond acceptors (Lipinski definition) is 9. The van der Waals surface area contributed by atoms with E-state index >= 15 is 0 Å². The normalized spacial score (nSPS) is 11.4. The second kappa shape index (κ2) is 6.06. The Hall–Kier alpha value is -2.56. The lowest BCUT2D eigenvalue weighted by Gasteiger charge is -1.99. The summed E-state index contributed by atoms with van der Waals surface area (Å²) in [6.07, 6.45) is 0.